The number of benzene rings is 3. The van der Waals surface area contributed by atoms with Crippen LogP contribution in [0.5, 0.6) is 0 Å². The summed E-state index contributed by atoms with van der Waals surface area (Å²) in [5.74, 6) is 3.93. The molecule has 1 aromatic heterocycles. The summed E-state index contributed by atoms with van der Waals surface area (Å²) >= 11 is 0. The summed E-state index contributed by atoms with van der Waals surface area (Å²) in [6.07, 6.45) is 1.52. The van der Waals surface area contributed by atoms with E-state index in [0.717, 1.165) is 11.1 Å². The lowest BCUT2D eigenvalue weighted by molar-refractivity contribution is 0.0846. The zero-order valence-electron chi connectivity index (χ0n) is 20.6. The zero-order valence-corrected chi connectivity index (χ0v) is 22.2. The first-order chi connectivity index (χ1) is 17.8. The highest BCUT2D eigenvalue weighted by molar-refractivity contribution is 7.89. The Bertz CT molecular complexity index is 1550. The van der Waals surface area contributed by atoms with Gasteiger partial charge in [-0.25, -0.2) is 8.42 Å². The molecular formula is C27H28ClN5O4S. The minimum absolute atomic E-state index is 0. The smallest absolute Gasteiger partial charge is 0.268 e. The van der Waals surface area contributed by atoms with E-state index in [4.69, 9.17) is 5.84 Å². The van der Waals surface area contributed by atoms with Crippen LogP contribution < -0.4 is 15.9 Å². The normalized spacial score (nSPS) is 12.2. The van der Waals surface area contributed by atoms with E-state index in [1.165, 1.54) is 17.7 Å². The number of aromatic nitrogens is 1. The largest absolute Gasteiger partial charge is 0.347 e. The Kier molecular flexibility index (Phi) is 9.40. The Balaban J connectivity index is 0.00000400. The van der Waals surface area contributed by atoms with Crippen LogP contribution in [0.1, 0.15) is 44.9 Å². The third-order valence-electron chi connectivity index (χ3n) is 5.88. The Labute approximate surface area is 227 Å². The van der Waals surface area contributed by atoms with E-state index in [1.807, 2.05) is 24.3 Å². The van der Waals surface area contributed by atoms with Crippen LogP contribution in [0.25, 0.3) is 10.9 Å². The fourth-order valence-corrected chi connectivity index (χ4v) is 4.70. The summed E-state index contributed by atoms with van der Waals surface area (Å²) in [7, 11) is -3.75. The molecule has 38 heavy (non-hydrogen) atoms. The summed E-state index contributed by atoms with van der Waals surface area (Å²) in [6, 6.07) is 23.4. The molecule has 0 aliphatic heterocycles. The molecule has 198 valence electrons. The molecule has 4 rings (SSSR count). The molecule has 1 amide bonds. The zero-order chi connectivity index (χ0) is 26.4. The number of hydrogen-bond acceptors (Lipinski definition) is 6. The quantitative estimate of drug-likeness (QED) is 0.165. The van der Waals surface area contributed by atoms with Crippen molar-refractivity contribution in [2.45, 2.75) is 19.5 Å². The number of sulfonamides is 1. The van der Waals surface area contributed by atoms with E-state index in [9.17, 15) is 18.0 Å². The molecule has 0 bridgehead atoms. The van der Waals surface area contributed by atoms with Crippen LogP contribution in [0, 0.1) is 0 Å². The summed E-state index contributed by atoms with van der Waals surface area (Å²) in [5.41, 5.74) is 2.74. The lowest BCUT2D eigenvalue weighted by Gasteiger charge is -2.20. The van der Waals surface area contributed by atoms with Crippen molar-refractivity contribution in [2.75, 3.05) is 5.75 Å². The minimum atomic E-state index is -3.75. The molecule has 1 atom stereocenters. The van der Waals surface area contributed by atoms with Crippen LogP contribution in [-0.2, 0) is 16.6 Å². The Morgan fingerprint density at radius 2 is 1.66 bits per heavy atom. The van der Waals surface area contributed by atoms with Gasteiger partial charge in [0.1, 0.15) is 11.7 Å². The van der Waals surface area contributed by atoms with Crippen LogP contribution in [-0.4, -0.2) is 36.8 Å². The maximum atomic E-state index is 13.9. The molecule has 0 radical (unpaired) electrons. The summed E-state index contributed by atoms with van der Waals surface area (Å²) in [6.45, 7) is 1.72. The fourth-order valence-electron chi connectivity index (χ4n) is 3.94. The number of hydrogen-bond donors (Lipinski definition) is 3. The Morgan fingerprint density at radius 1 is 1.00 bits per heavy atom. The molecule has 4 N–H and O–H groups in total. The van der Waals surface area contributed by atoms with Crippen LogP contribution >= 0.6 is 12.4 Å². The van der Waals surface area contributed by atoms with Gasteiger partial charge in [0.05, 0.1) is 17.5 Å². The molecule has 0 aliphatic carbocycles. The molecule has 0 spiro atoms. The molecule has 0 saturated heterocycles. The highest BCUT2D eigenvalue weighted by Gasteiger charge is 2.30. The average Bonchev–Trinajstić information content (AvgIpc) is 3.31. The molecule has 4 aromatic rings. The van der Waals surface area contributed by atoms with Crippen LogP contribution in [0.3, 0.4) is 0 Å². The van der Waals surface area contributed by atoms with Gasteiger partial charge >= 0.3 is 0 Å². The molecule has 0 aliphatic rings. The van der Waals surface area contributed by atoms with E-state index in [-0.39, 0.29) is 30.4 Å². The predicted octanol–water partition coefficient (Wildman–Crippen LogP) is 3.61. The van der Waals surface area contributed by atoms with Gasteiger partial charge in [-0.05, 0) is 35.7 Å². The van der Waals surface area contributed by atoms with Gasteiger partial charge in [0.2, 0.25) is 10.0 Å². The Morgan fingerprint density at radius 3 is 2.32 bits per heavy atom. The maximum absolute atomic E-state index is 13.9. The van der Waals surface area contributed by atoms with Crippen molar-refractivity contribution in [3.8, 4) is 0 Å². The van der Waals surface area contributed by atoms with Crippen molar-refractivity contribution in [2.24, 2.45) is 10.9 Å². The second-order valence-electron chi connectivity index (χ2n) is 8.33. The molecule has 0 unspecified atom stereocenters. The fraction of sp³-hybridized carbons (Fsp3) is 0.148. The predicted molar refractivity (Wildman–Crippen MR) is 151 cm³/mol. The van der Waals surface area contributed by atoms with Crippen LogP contribution in [0.15, 0.2) is 90.0 Å². The highest BCUT2D eigenvalue weighted by atomic mass is 35.5. The lowest BCUT2D eigenvalue weighted by atomic mass is 10.1. The minimum Gasteiger partial charge on any atom is -0.347 e. The van der Waals surface area contributed by atoms with Gasteiger partial charge in [0.15, 0.2) is 0 Å². The van der Waals surface area contributed by atoms with Gasteiger partial charge in [-0.2, -0.15) is 9.82 Å². The average molecular weight is 554 g/mol. The van der Waals surface area contributed by atoms with Gasteiger partial charge in [-0.3, -0.25) is 14.2 Å². The number of carbonyl (C=O) groups is 2. The number of rotatable bonds is 9. The second kappa shape index (κ2) is 12.5. The molecule has 9 nitrogen and oxygen atoms in total. The van der Waals surface area contributed by atoms with E-state index in [2.05, 4.69) is 15.1 Å². The number of halogens is 1. The van der Waals surface area contributed by atoms with Crippen molar-refractivity contribution in [1.82, 2.24) is 14.6 Å². The number of nitrogens with zero attached hydrogens (tertiary/aromatic N) is 2. The summed E-state index contributed by atoms with van der Waals surface area (Å²) < 4.78 is 28.8. The number of carbonyl (C=O) groups excluding carboxylic acids is 2. The molecule has 1 heterocycles. The second-order valence-corrected chi connectivity index (χ2v) is 10.4. The van der Waals surface area contributed by atoms with Gasteiger partial charge in [0.25, 0.3) is 11.8 Å². The maximum Gasteiger partial charge on any atom is 0.268 e. The molecule has 0 saturated carbocycles. The first-order valence-electron chi connectivity index (χ1n) is 11.6. The van der Waals surface area contributed by atoms with Crippen molar-refractivity contribution in [1.29, 1.82) is 0 Å². The highest BCUT2D eigenvalue weighted by Crippen LogP contribution is 2.25. The van der Waals surface area contributed by atoms with Crippen LogP contribution in [0.4, 0.5) is 0 Å². The topological polar surface area (TPSA) is 136 Å². The van der Waals surface area contributed by atoms with Gasteiger partial charge in [-0.15, -0.1) is 12.4 Å². The molecular weight excluding hydrogens is 526 g/mol. The first kappa shape index (κ1) is 28.6. The third-order valence-corrected chi connectivity index (χ3v) is 7.23. The number of nitrogens with two attached hydrogens (primary N) is 1. The van der Waals surface area contributed by atoms with E-state index in [0.29, 0.717) is 16.5 Å². The lowest BCUT2D eigenvalue weighted by Crippen LogP contribution is -2.38. The van der Waals surface area contributed by atoms with Crippen molar-refractivity contribution in [3.63, 3.8) is 0 Å². The third kappa shape index (κ3) is 6.46. The number of fused-ring (bicyclic) bond motifs is 1. The van der Waals surface area contributed by atoms with Crippen LogP contribution in [0.2, 0.25) is 0 Å². The molecule has 11 heteroatoms. The Hall–Kier alpha value is -3.99. The van der Waals surface area contributed by atoms with E-state index >= 15 is 0 Å². The van der Waals surface area contributed by atoms with E-state index in [1.54, 1.807) is 60.7 Å². The van der Waals surface area contributed by atoms with Gasteiger partial charge in [0, 0.05) is 11.9 Å². The van der Waals surface area contributed by atoms with E-state index < -0.39 is 27.9 Å². The number of hydrazone groups is 1. The van der Waals surface area contributed by atoms with Crippen molar-refractivity contribution in [3.05, 3.63) is 107 Å². The standard InChI is InChI=1S/C27H27N5O4S.ClH/c1-2-37(35,36)31-25(21-8-4-3-5-9-21)27(34)32-23-11-7-6-10-22(23)16-24(32)26(33)29-17-19-12-14-20(15-13-19)18-30-28;/h3-16,18,25,31H,2,17,28H2,1H3,(H,29,33);1H/t25-;/m1./s1. The number of para-hydroxylation sites is 1. The van der Waals surface area contributed by atoms with Crippen molar-refractivity contribution < 1.29 is 18.0 Å². The first-order valence-corrected chi connectivity index (χ1v) is 13.3. The molecule has 3 aromatic carbocycles. The summed E-state index contributed by atoms with van der Waals surface area (Å²) in [4.78, 5) is 27.3. The number of amides is 1. The summed E-state index contributed by atoms with van der Waals surface area (Å²) in [5, 5.41) is 7.02. The SMILES string of the molecule is CCS(=O)(=O)N[C@@H](C(=O)n1c(C(=O)NCc2ccc(C=NN)cc2)cc2ccccc21)c1ccccc1.Cl. The van der Waals surface area contributed by atoms with Gasteiger partial charge < -0.3 is 11.2 Å². The molecule has 0 fully saturated rings. The van der Waals surface area contributed by atoms with Crippen molar-refractivity contribution >= 4 is 51.4 Å². The van der Waals surface area contributed by atoms with Gasteiger partial charge in [-0.1, -0.05) is 72.8 Å². The number of nitrogens with one attached hydrogen (secondary N) is 2. The monoisotopic (exact) mass is 553 g/mol.